The van der Waals surface area contributed by atoms with Gasteiger partial charge in [0.2, 0.25) is 29.5 Å². The van der Waals surface area contributed by atoms with Crippen molar-refractivity contribution in [3.8, 4) is 0 Å². The van der Waals surface area contributed by atoms with Crippen molar-refractivity contribution in [2.45, 2.75) is 139 Å². The number of carboxylic acids is 1. The minimum Gasteiger partial charge on any atom is -0.480 e. The minimum atomic E-state index is -1.45. The Kier molecular flexibility index (Phi) is 22.2. The highest BCUT2D eigenvalue weighted by Gasteiger charge is 2.46. The smallest absolute Gasteiger partial charge is 0.326 e. The first-order valence-electron chi connectivity index (χ1n) is 18.7. The molecular formula is C34H59N5O17. The molecule has 12 N–H and O–H groups in total. The molecule has 2 fully saturated rings. The Balaban J connectivity index is 1.58. The van der Waals surface area contributed by atoms with Crippen molar-refractivity contribution in [3.05, 3.63) is 0 Å². The standard InChI is InChI=1S/C34H59N5O17/c1-18(42)37-26-30(49)28(47)21(16-40)55-33(26)53-13-7-4-10-23(44)35-12-6-3-9-20(32(51)52)39-25(46)15-36-24(45)11-5-8-14-54-34-27(38-19(2)43)31(50)29(48)22(17-41)56-34/h20-22,26-31,33-34,40-41,47-50H,3-17H2,1-2H3,(H,35,44)(H,36,45)(H,37,42)(H,38,43)(H,39,46)(H,51,52)/t20-,21+,22+,26+,27+,28-,29-,30+,31+,33+,34+/m0/s1. The molecule has 0 aromatic carbocycles. The molecule has 0 radical (unpaired) electrons. The summed E-state index contributed by atoms with van der Waals surface area (Å²) in [6, 6.07) is -3.36. The zero-order valence-electron chi connectivity index (χ0n) is 31.7. The van der Waals surface area contributed by atoms with E-state index in [0.29, 0.717) is 38.5 Å². The van der Waals surface area contributed by atoms with Gasteiger partial charge in [-0.05, 0) is 44.9 Å². The van der Waals surface area contributed by atoms with Gasteiger partial charge in [-0.25, -0.2) is 4.79 Å². The Morgan fingerprint density at radius 2 is 1.09 bits per heavy atom. The van der Waals surface area contributed by atoms with E-state index in [1.165, 1.54) is 13.8 Å². The van der Waals surface area contributed by atoms with Crippen LogP contribution in [0.5, 0.6) is 0 Å². The van der Waals surface area contributed by atoms with E-state index in [2.05, 4.69) is 26.6 Å². The number of unbranched alkanes of at least 4 members (excludes halogenated alkanes) is 3. The third kappa shape index (κ3) is 16.9. The van der Waals surface area contributed by atoms with Gasteiger partial charge in [-0.1, -0.05) is 0 Å². The summed E-state index contributed by atoms with van der Waals surface area (Å²) in [5, 5.41) is 81.5. The van der Waals surface area contributed by atoms with Crippen molar-refractivity contribution in [3.63, 3.8) is 0 Å². The summed E-state index contributed by atoms with van der Waals surface area (Å²) in [5.41, 5.74) is 0. The number of carbonyl (C=O) groups excluding carboxylic acids is 5. The van der Waals surface area contributed by atoms with Crippen LogP contribution in [0.2, 0.25) is 0 Å². The molecule has 22 heteroatoms. The van der Waals surface area contributed by atoms with Gasteiger partial charge in [0.25, 0.3) is 0 Å². The van der Waals surface area contributed by atoms with Gasteiger partial charge in [-0.3, -0.25) is 24.0 Å². The summed E-state index contributed by atoms with van der Waals surface area (Å²) >= 11 is 0. The summed E-state index contributed by atoms with van der Waals surface area (Å²) in [6.07, 6.45) is -7.70. The number of amides is 5. The molecule has 2 aliphatic heterocycles. The third-order valence-electron chi connectivity index (χ3n) is 8.98. The SMILES string of the molecule is CC(=O)N[C@H]1[C@H](OCCCCC(=O)NCCCC[C@H](NC(=O)CNC(=O)CCCCO[C@@H]2O[C@H](CO)[C@H](O)[C@H](O)[C@H]2NC(C)=O)C(=O)O)O[C@H](CO)[C@H](O)[C@@H]1O. The second-order valence-corrected chi connectivity index (χ2v) is 13.6. The van der Waals surface area contributed by atoms with E-state index in [1.54, 1.807) is 0 Å². The first-order chi connectivity index (χ1) is 26.6. The molecule has 2 aliphatic rings. The zero-order valence-corrected chi connectivity index (χ0v) is 31.7. The van der Waals surface area contributed by atoms with E-state index in [4.69, 9.17) is 18.9 Å². The Morgan fingerprint density at radius 3 is 1.52 bits per heavy atom. The average Bonchev–Trinajstić information content (AvgIpc) is 3.14. The molecule has 0 bridgehead atoms. The summed E-state index contributed by atoms with van der Waals surface area (Å²) in [5.74, 6) is -3.65. The van der Waals surface area contributed by atoms with Crippen LogP contribution in [0.25, 0.3) is 0 Å². The number of nitrogens with one attached hydrogen (secondary N) is 5. The fourth-order valence-corrected chi connectivity index (χ4v) is 5.96. The molecule has 2 saturated heterocycles. The Labute approximate surface area is 324 Å². The lowest BCUT2D eigenvalue weighted by molar-refractivity contribution is -0.270. The van der Waals surface area contributed by atoms with Crippen molar-refractivity contribution in [1.82, 2.24) is 26.6 Å². The van der Waals surface area contributed by atoms with Crippen molar-refractivity contribution in [1.29, 1.82) is 0 Å². The monoisotopic (exact) mass is 809 g/mol. The van der Waals surface area contributed by atoms with Gasteiger partial charge in [-0.2, -0.15) is 0 Å². The molecule has 0 saturated carbocycles. The molecule has 0 aromatic rings. The van der Waals surface area contributed by atoms with Crippen molar-refractivity contribution in [2.24, 2.45) is 0 Å². The number of aliphatic carboxylic acids is 1. The molecule has 5 amide bonds. The molecule has 2 heterocycles. The van der Waals surface area contributed by atoms with Crippen LogP contribution < -0.4 is 26.6 Å². The van der Waals surface area contributed by atoms with Crippen molar-refractivity contribution in [2.75, 3.05) is 39.5 Å². The van der Waals surface area contributed by atoms with E-state index in [9.17, 15) is 64.5 Å². The number of carboxylic acid groups (broad SMARTS) is 1. The number of carbonyl (C=O) groups is 6. The number of rotatable bonds is 25. The Hall–Kier alpha value is -3.58. The lowest BCUT2D eigenvalue weighted by Gasteiger charge is -2.42. The average molecular weight is 810 g/mol. The van der Waals surface area contributed by atoms with Crippen LogP contribution in [0.4, 0.5) is 0 Å². The normalized spacial score (nSPS) is 28.1. The lowest BCUT2D eigenvalue weighted by atomic mass is 9.97. The molecular weight excluding hydrogens is 750 g/mol. The van der Waals surface area contributed by atoms with Gasteiger partial charge in [0.15, 0.2) is 12.6 Å². The van der Waals surface area contributed by atoms with Crippen LogP contribution in [0.1, 0.15) is 71.6 Å². The van der Waals surface area contributed by atoms with E-state index in [-0.39, 0.29) is 44.9 Å². The van der Waals surface area contributed by atoms with Gasteiger partial charge in [0.05, 0.1) is 19.8 Å². The summed E-state index contributed by atoms with van der Waals surface area (Å²) in [4.78, 5) is 71.5. The van der Waals surface area contributed by atoms with Gasteiger partial charge in [0, 0.05) is 46.4 Å². The van der Waals surface area contributed by atoms with Crippen LogP contribution >= 0.6 is 0 Å². The molecule has 0 unspecified atom stereocenters. The topological polar surface area (TPSA) is 341 Å². The highest BCUT2D eigenvalue weighted by Crippen LogP contribution is 2.24. The maximum atomic E-state index is 12.3. The van der Waals surface area contributed by atoms with E-state index in [0.717, 1.165) is 0 Å². The molecule has 322 valence electrons. The second kappa shape index (κ2) is 25.6. The maximum Gasteiger partial charge on any atom is 0.326 e. The van der Waals surface area contributed by atoms with Crippen LogP contribution in [0, 0.1) is 0 Å². The molecule has 11 atom stereocenters. The van der Waals surface area contributed by atoms with Gasteiger partial charge in [-0.15, -0.1) is 0 Å². The Bertz CT molecular complexity index is 1260. The fourth-order valence-electron chi connectivity index (χ4n) is 5.96. The number of hydrogen-bond donors (Lipinski definition) is 12. The van der Waals surface area contributed by atoms with Crippen LogP contribution in [0.3, 0.4) is 0 Å². The number of ether oxygens (including phenoxy) is 4. The highest BCUT2D eigenvalue weighted by molar-refractivity contribution is 5.87. The second-order valence-electron chi connectivity index (χ2n) is 13.6. The molecule has 0 aromatic heterocycles. The fraction of sp³-hybridized carbons (Fsp3) is 0.824. The van der Waals surface area contributed by atoms with Crippen molar-refractivity contribution < 1.29 is 83.5 Å². The number of aliphatic hydroxyl groups excluding tert-OH is 6. The summed E-state index contributed by atoms with van der Waals surface area (Å²) in [6.45, 7) is 1.25. The van der Waals surface area contributed by atoms with Crippen LogP contribution in [-0.4, -0.2) is 178 Å². The maximum absolute atomic E-state index is 12.3. The highest BCUT2D eigenvalue weighted by atomic mass is 16.7. The molecule has 2 rings (SSSR count). The summed E-state index contributed by atoms with van der Waals surface area (Å²) < 4.78 is 22.2. The molecule has 22 nitrogen and oxygen atoms in total. The Morgan fingerprint density at radius 1 is 0.625 bits per heavy atom. The first kappa shape index (κ1) is 48.6. The van der Waals surface area contributed by atoms with E-state index in [1.807, 2.05) is 0 Å². The van der Waals surface area contributed by atoms with Crippen molar-refractivity contribution >= 4 is 35.5 Å². The van der Waals surface area contributed by atoms with Gasteiger partial charge in [0.1, 0.15) is 54.7 Å². The predicted octanol–water partition coefficient (Wildman–Crippen LogP) is -4.78. The molecule has 0 spiro atoms. The minimum absolute atomic E-state index is 0.0120. The lowest BCUT2D eigenvalue weighted by Crippen LogP contribution is -2.64. The quantitative estimate of drug-likeness (QED) is 0.0385. The third-order valence-corrected chi connectivity index (χ3v) is 8.98. The molecule has 0 aliphatic carbocycles. The van der Waals surface area contributed by atoms with Gasteiger partial charge >= 0.3 is 5.97 Å². The molecule has 56 heavy (non-hydrogen) atoms. The first-order valence-corrected chi connectivity index (χ1v) is 18.7. The summed E-state index contributed by atoms with van der Waals surface area (Å²) in [7, 11) is 0. The van der Waals surface area contributed by atoms with E-state index >= 15 is 0 Å². The number of aliphatic hydroxyl groups is 6. The van der Waals surface area contributed by atoms with Crippen LogP contribution in [0.15, 0.2) is 0 Å². The largest absolute Gasteiger partial charge is 0.480 e. The zero-order chi connectivity index (χ0) is 41.8. The predicted molar refractivity (Wildman–Crippen MR) is 190 cm³/mol. The number of hydrogen-bond acceptors (Lipinski definition) is 16. The van der Waals surface area contributed by atoms with E-state index < -0.39 is 117 Å². The van der Waals surface area contributed by atoms with Gasteiger partial charge < -0.3 is 81.3 Å². The van der Waals surface area contributed by atoms with Crippen LogP contribution in [-0.2, 0) is 47.7 Å².